The highest BCUT2D eigenvalue weighted by molar-refractivity contribution is 5.88. The smallest absolute Gasteiger partial charge is 0.234 e. The first-order valence-corrected chi connectivity index (χ1v) is 8.15. The first-order chi connectivity index (χ1) is 10.9. The molecule has 0 unspecified atom stereocenters. The van der Waals surface area contributed by atoms with Gasteiger partial charge in [-0.15, -0.1) is 0 Å². The summed E-state index contributed by atoms with van der Waals surface area (Å²) in [6.07, 6.45) is 0.775. The fourth-order valence-corrected chi connectivity index (χ4v) is 3.00. The van der Waals surface area contributed by atoms with E-state index < -0.39 is 6.04 Å². The third-order valence-corrected chi connectivity index (χ3v) is 3.97. The lowest BCUT2D eigenvalue weighted by Crippen LogP contribution is -2.51. The molecule has 1 aromatic carbocycles. The van der Waals surface area contributed by atoms with Gasteiger partial charge in [0.1, 0.15) is 0 Å². The van der Waals surface area contributed by atoms with Crippen molar-refractivity contribution in [2.75, 3.05) is 19.6 Å². The van der Waals surface area contributed by atoms with E-state index in [4.69, 9.17) is 4.74 Å². The van der Waals surface area contributed by atoms with Gasteiger partial charge >= 0.3 is 0 Å². The maximum absolute atomic E-state index is 12.3. The Morgan fingerprint density at radius 3 is 2.39 bits per heavy atom. The molecular weight excluding hydrogens is 292 g/mol. The number of carbonyl (C=O) groups excluding carboxylic acids is 2. The van der Waals surface area contributed by atoms with Crippen LogP contribution in [0.15, 0.2) is 30.3 Å². The molecule has 0 spiro atoms. The summed E-state index contributed by atoms with van der Waals surface area (Å²) in [4.78, 5) is 26.2. The molecule has 0 aliphatic carbocycles. The molecular formula is C18H26N2O3. The van der Waals surface area contributed by atoms with Gasteiger partial charge in [-0.3, -0.25) is 14.5 Å². The number of hydrogen-bond acceptors (Lipinski definition) is 4. The van der Waals surface area contributed by atoms with Crippen LogP contribution in [0.4, 0.5) is 0 Å². The van der Waals surface area contributed by atoms with Gasteiger partial charge in [-0.2, -0.15) is 0 Å². The van der Waals surface area contributed by atoms with E-state index in [1.807, 2.05) is 44.2 Å². The third kappa shape index (κ3) is 5.77. The van der Waals surface area contributed by atoms with Crippen LogP contribution in [0.2, 0.25) is 0 Å². The van der Waals surface area contributed by atoms with Crippen LogP contribution in [0.3, 0.4) is 0 Å². The molecule has 126 valence electrons. The normalized spacial score (nSPS) is 23.3. The van der Waals surface area contributed by atoms with Crippen LogP contribution in [0.25, 0.3) is 0 Å². The van der Waals surface area contributed by atoms with Gasteiger partial charge in [-0.1, -0.05) is 30.3 Å². The number of ketones is 1. The zero-order valence-corrected chi connectivity index (χ0v) is 14.1. The monoisotopic (exact) mass is 318 g/mol. The number of nitrogens with zero attached hydrogens (tertiary/aromatic N) is 1. The third-order valence-electron chi connectivity index (χ3n) is 3.97. The van der Waals surface area contributed by atoms with E-state index in [0.29, 0.717) is 13.0 Å². The maximum atomic E-state index is 12.3. The summed E-state index contributed by atoms with van der Waals surface area (Å²) in [7, 11) is 0. The highest BCUT2D eigenvalue weighted by atomic mass is 16.5. The summed E-state index contributed by atoms with van der Waals surface area (Å²) in [5.41, 5.74) is 1.04. The van der Waals surface area contributed by atoms with Gasteiger partial charge in [0, 0.05) is 13.1 Å². The number of benzene rings is 1. The summed E-state index contributed by atoms with van der Waals surface area (Å²) in [6.45, 7) is 7.31. The van der Waals surface area contributed by atoms with Crippen molar-refractivity contribution < 1.29 is 14.3 Å². The van der Waals surface area contributed by atoms with Crippen LogP contribution in [-0.2, 0) is 20.7 Å². The lowest BCUT2D eigenvalue weighted by molar-refractivity contribution is -0.130. The largest absolute Gasteiger partial charge is 0.373 e. The van der Waals surface area contributed by atoms with Crippen LogP contribution in [0.5, 0.6) is 0 Å². The number of hydrogen-bond donors (Lipinski definition) is 1. The van der Waals surface area contributed by atoms with Crippen molar-refractivity contribution in [3.8, 4) is 0 Å². The van der Waals surface area contributed by atoms with E-state index >= 15 is 0 Å². The van der Waals surface area contributed by atoms with Crippen LogP contribution in [0, 0.1) is 0 Å². The Balaban J connectivity index is 1.89. The Hall–Kier alpha value is -1.72. The van der Waals surface area contributed by atoms with E-state index in [2.05, 4.69) is 10.2 Å². The summed E-state index contributed by atoms with van der Waals surface area (Å²) < 4.78 is 5.67. The molecule has 5 heteroatoms. The number of Topliss-reactive ketones (excluding diaryl/α,β-unsaturated/α-hetero) is 1. The van der Waals surface area contributed by atoms with Gasteiger partial charge in [-0.05, 0) is 32.8 Å². The lowest BCUT2D eigenvalue weighted by atomic mass is 10.0. The molecule has 1 saturated heterocycles. The van der Waals surface area contributed by atoms with E-state index in [1.54, 1.807) is 0 Å². The highest BCUT2D eigenvalue weighted by Gasteiger charge is 2.25. The van der Waals surface area contributed by atoms with E-state index in [1.165, 1.54) is 6.92 Å². The molecule has 0 aromatic heterocycles. The van der Waals surface area contributed by atoms with E-state index in [9.17, 15) is 9.59 Å². The Morgan fingerprint density at radius 1 is 1.22 bits per heavy atom. The summed E-state index contributed by atoms with van der Waals surface area (Å²) in [6, 6.07) is 9.27. The van der Waals surface area contributed by atoms with Crippen molar-refractivity contribution in [2.24, 2.45) is 0 Å². The summed E-state index contributed by atoms with van der Waals surface area (Å²) in [5, 5.41) is 2.87. The van der Waals surface area contributed by atoms with E-state index in [-0.39, 0.29) is 23.9 Å². The quantitative estimate of drug-likeness (QED) is 0.862. The van der Waals surface area contributed by atoms with Crippen LogP contribution in [-0.4, -0.2) is 54.5 Å². The average Bonchev–Trinajstić information content (AvgIpc) is 2.46. The first-order valence-electron chi connectivity index (χ1n) is 8.15. The molecule has 23 heavy (non-hydrogen) atoms. The van der Waals surface area contributed by atoms with Gasteiger partial charge in [0.05, 0.1) is 24.8 Å². The van der Waals surface area contributed by atoms with Gasteiger partial charge < -0.3 is 10.1 Å². The topological polar surface area (TPSA) is 58.6 Å². The minimum atomic E-state index is -0.471. The SMILES string of the molecule is CC(=O)[C@H](Cc1ccccc1)NC(=O)CN1C[C@@H](C)O[C@@H](C)C1. The molecule has 2 rings (SSSR count). The van der Waals surface area contributed by atoms with Crippen LogP contribution in [0.1, 0.15) is 26.3 Å². The van der Waals surface area contributed by atoms with Crippen molar-refractivity contribution in [3.05, 3.63) is 35.9 Å². The van der Waals surface area contributed by atoms with Crippen molar-refractivity contribution in [3.63, 3.8) is 0 Å². The zero-order valence-electron chi connectivity index (χ0n) is 14.1. The lowest BCUT2D eigenvalue weighted by Gasteiger charge is -2.35. The molecule has 1 aliphatic heterocycles. The molecule has 0 bridgehead atoms. The molecule has 1 aliphatic rings. The number of morpholine rings is 1. The van der Waals surface area contributed by atoms with Gasteiger partial charge in [0.25, 0.3) is 0 Å². The van der Waals surface area contributed by atoms with Crippen molar-refractivity contribution in [1.82, 2.24) is 10.2 Å². The van der Waals surface area contributed by atoms with Gasteiger partial charge in [0.15, 0.2) is 5.78 Å². The summed E-state index contributed by atoms with van der Waals surface area (Å²) in [5.74, 6) is -0.131. The molecule has 1 amide bonds. The second kappa shape index (κ2) is 8.22. The Labute approximate surface area is 138 Å². The number of ether oxygens (including phenoxy) is 1. The van der Waals surface area contributed by atoms with Crippen molar-refractivity contribution in [2.45, 2.75) is 45.4 Å². The van der Waals surface area contributed by atoms with E-state index in [0.717, 1.165) is 18.7 Å². The standard InChI is InChI=1S/C18H26N2O3/c1-13-10-20(11-14(2)23-13)12-18(22)19-17(15(3)21)9-16-7-5-4-6-8-16/h4-8,13-14,17H,9-12H2,1-3H3,(H,19,22)/t13-,14+,17-/m0/s1. The minimum absolute atomic E-state index is 0.0223. The molecule has 1 aromatic rings. The molecule has 3 atom stereocenters. The molecule has 0 radical (unpaired) electrons. The predicted molar refractivity (Wildman–Crippen MR) is 89.2 cm³/mol. The number of amides is 1. The van der Waals surface area contributed by atoms with Crippen molar-refractivity contribution >= 4 is 11.7 Å². The zero-order chi connectivity index (χ0) is 16.8. The Kier molecular flexibility index (Phi) is 6.30. The molecule has 1 heterocycles. The van der Waals surface area contributed by atoms with Gasteiger partial charge in [-0.25, -0.2) is 0 Å². The molecule has 0 saturated carbocycles. The molecule has 1 fully saturated rings. The first kappa shape index (κ1) is 17.6. The second-order valence-electron chi connectivity index (χ2n) is 6.37. The van der Waals surface area contributed by atoms with Crippen LogP contribution < -0.4 is 5.32 Å². The number of rotatable bonds is 6. The number of carbonyl (C=O) groups is 2. The molecule has 1 N–H and O–H groups in total. The fraction of sp³-hybridized carbons (Fsp3) is 0.556. The predicted octanol–water partition coefficient (Wildman–Crippen LogP) is 1.41. The fourth-order valence-electron chi connectivity index (χ4n) is 3.00. The second-order valence-corrected chi connectivity index (χ2v) is 6.37. The average molecular weight is 318 g/mol. The minimum Gasteiger partial charge on any atom is -0.373 e. The Morgan fingerprint density at radius 2 is 1.83 bits per heavy atom. The number of nitrogens with one attached hydrogen (secondary N) is 1. The Bertz CT molecular complexity index is 522. The van der Waals surface area contributed by atoms with Crippen molar-refractivity contribution in [1.29, 1.82) is 0 Å². The highest BCUT2D eigenvalue weighted by Crippen LogP contribution is 2.10. The van der Waals surface area contributed by atoms with Crippen LogP contribution >= 0.6 is 0 Å². The van der Waals surface area contributed by atoms with Gasteiger partial charge in [0.2, 0.25) is 5.91 Å². The maximum Gasteiger partial charge on any atom is 0.234 e. The molecule has 5 nitrogen and oxygen atoms in total. The summed E-state index contributed by atoms with van der Waals surface area (Å²) >= 11 is 0.